The molecule has 2 unspecified atom stereocenters. The van der Waals surface area contributed by atoms with Gasteiger partial charge in [0.2, 0.25) is 10.0 Å². The lowest BCUT2D eigenvalue weighted by atomic mass is 10.0. The molecule has 0 bridgehead atoms. The zero-order chi connectivity index (χ0) is 14.4. The second-order valence-electron chi connectivity index (χ2n) is 5.65. The van der Waals surface area contributed by atoms with Gasteiger partial charge in [-0.2, -0.15) is 0 Å². The van der Waals surface area contributed by atoms with Gasteiger partial charge >= 0.3 is 0 Å². The van der Waals surface area contributed by atoms with E-state index < -0.39 is 10.0 Å². The summed E-state index contributed by atoms with van der Waals surface area (Å²) in [5.41, 5.74) is 1.07. The molecule has 1 heterocycles. The van der Waals surface area contributed by atoms with Crippen molar-refractivity contribution in [3.63, 3.8) is 0 Å². The van der Waals surface area contributed by atoms with Gasteiger partial charge in [0.05, 0.1) is 5.75 Å². The van der Waals surface area contributed by atoms with Crippen molar-refractivity contribution < 1.29 is 8.42 Å². The zero-order valence-corrected chi connectivity index (χ0v) is 12.8. The Morgan fingerprint density at radius 2 is 2.10 bits per heavy atom. The van der Waals surface area contributed by atoms with Gasteiger partial charge in [0.15, 0.2) is 0 Å². The minimum absolute atomic E-state index is 0.0122. The highest BCUT2D eigenvalue weighted by Gasteiger charge is 2.19. The van der Waals surface area contributed by atoms with Gasteiger partial charge in [0.25, 0.3) is 0 Å². The first-order valence-electron chi connectivity index (χ1n) is 7.30. The number of hydrogen-bond acceptors (Lipinski definition) is 3. The number of rotatable bonds is 6. The fourth-order valence-corrected chi connectivity index (χ4v) is 4.07. The highest BCUT2D eigenvalue weighted by Crippen LogP contribution is 2.16. The molecule has 1 aromatic rings. The lowest BCUT2D eigenvalue weighted by molar-refractivity contribution is 0.375. The summed E-state index contributed by atoms with van der Waals surface area (Å²) in [7, 11) is -3.21. The van der Waals surface area contributed by atoms with E-state index in [1.165, 1.54) is 0 Å². The summed E-state index contributed by atoms with van der Waals surface area (Å²) in [4.78, 5) is 0. The van der Waals surface area contributed by atoms with Crippen LogP contribution in [-0.4, -0.2) is 33.8 Å². The molecule has 0 aromatic heterocycles. The quantitative estimate of drug-likeness (QED) is 0.840. The number of sulfonamides is 1. The average molecular weight is 296 g/mol. The third kappa shape index (κ3) is 4.89. The van der Waals surface area contributed by atoms with Crippen molar-refractivity contribution in [1.82, 2.24) is 10.0 Å². The van der Waals surface area contributed by atoms with E-state index in [-0.39, 0.29) is 11.7 Å². The molecule has 4 nitrogen and oxygen atoms in total. The minimum Gasteiger partial charge on any atom is -0.316 e. The van der Waals surface area contributed by atoms with Gasteiger partial charge < -0.3 is 5.32 Å². The summed E-state index contributed by atoms with van der Waals surface area (Å²) >= 11 is 0. The van der Waals surface area contributed by atoms with E-state index in [1.54, 1.807) is 0 Å². The Balaban J connectivity index is 1.84. The molecule has 1 fully saturated rings. The first kappa shape index (κ1) is 15.5. The van der Waals surface area contributed by atoms with E-state index in [9.17, 15) is 8.42 Å². The van der Waals surface area contributed by atoms with Crippen LogP contribution in [0.25, 0.3) is 0 Å². The van der Waals surface area contributed by atoms with Crippen LogP contribution in [0.15, 0.2) is 30.3 Å². The van der Waals surface area contributed by atoms with Gasteiger partial charge in [0.1, 0.15) is 0 Å². The lowest BCUT2D eigenvalue weighted by Gasteiger charge is -2.23. The van der Waals surface area contributed by atoms with Gasteiger partial charge in [-0.25, -0.2) is 13.1 Å². The summed E-state index contributed by atoms with van der Waals surface area (Å²) in [6, 6.07) is 9.79. The van der Waals surface area contributed by atoms with Crippen molar-refractivity contribution in [2.75, 3.05) is 25.4 Å². The molecule has 0 saturated carbocycles. The van der Waals surface area contributed by atoms with Crippen molar-refractivity contribution in [1.29, 1.82) is 0 Å². The molecule has 1 aliphatic heterocycles. The van der Waals surface area contributed by atoms with E-state index in [4.69, 9.17) is 0 Å². The van der Waals surface area contributed by atoms with E-state index in [1.807, 2.05) is 37.3 Å². The smallest absolute Gasteiger partial charge is 0.212 e. The fourth-order valence-electron chi connectivity index (χ4n) is 2.61. The summed E-state index contributed by atoms with van der Waals surface area (Å²) in [5.74, 6) is 0.584. The van der Waals surface area contributed by atoms with Crippen molar-refractivity contribution in [2.24, 2.45) is 5.92 Å². The number of piperidine rings is 1. The lowest BCUT2D eigenvalue weighted by Crippen LogP contribution is -2.39. The summed E-state index contributed by atoms with van der Waals surface area (Å²) < 4.78 is 27.0. The summed E-state index contributed by atoms with van der Waals surface area (Å²) in [6.07, 6.45) is 2.23. The predicted molar refractivity (Wildman–Crippen MR) is 82.2 cm³/mol. The maximum atomic E-state index is 12.1. The summed E-state index contributed by atoms with van der Waals surface area (Å²) in [6.45, 7) is 4.47. The topological polar surface area (TPSA) is 58.2 Å². The molecule has 0 aliphatic carbocycles. The van der Waals surface area contributed by atoms with Crippen LogP contribution < -0.4 is 10.0 Å². The Bertz CT molecular complexity index is 496. The molecule has 1 aromatic carbocycles. The molecule has 0 spiro atoms. The van der Waals surface area contributed by atoms with Crippen LogP contribution in [0.5, 0.6) is 0 Å². The van der Waals surface area contributed by atoms with E-state index in [0.717, 1.165) is 31.5 Å². The van der Waals surface area contributed by atoms with Crippen LogP contribution in [0.2, 0.25) is 0 Å². The molecule has 2 N–H and O–H groups in total. The van der Waals surface area contributed by atoms with E-state index in [2.05, 4.69) is 10.0 Å². The van der Waals surface area contributed by atoms with E-state index >= 15 is 0 Å². The SMILES string of the molecule is CC(CS(=O)(=O)NCC1CCCNC1)c1ccccc1. The van der Waals surface area contributed by atoms with E-state index in [0.29, 0.717) is 12.5 Å². The highest BCUT2D eigenvalue weighted by atomic mass is 32.2. The molecule has 1 aliphatic rings. The molecule has 1 saturated heterocycles. The molecule has 5 heteroatoms. The normalized spacial score (nSPS) is 21.6. The maximum Gasteiger partial charge on any atom is 0.212 e. The monoisotopic (exact) mass is 296 g/mol. The Labute approximate surface area is 122 Å². The first-order chi connectivity index (χ1) is 9.57. The van der Waals surface area contributed by atoms with Crippen molar-refractivity contribution >= 4 is 10.0 Å². The van der Waals surface area contributed by atoms with Crippen LogP contribution >= 0.6 is 0 Å². The Morgan fingerprint density at radius 3 is 2.75 bits per heavy atom. The van der Waals surface area contributed by atoms with Crippen LogP contribution in [-0.2, 0) is 10.0 Å². The third-order valence-corrected chi connectivity index (χ3v) is 5.37. The Kier molecular flexibility index (Phi) is 5.57. The second kappa shape index (κ2) is 7.20. The van der Waals surface area contributed by atoms with Gasteiger partial charge in [-0.3, -0.25) is 0 Å². The third-order valence-electron chi connectivity index (χ3n) is 3.83. The predicted octanol–water partition coefficient (Wildman–Crippen LogP) is 1.71. The molecule has 2 rings (SSSR count). The number of nitrogens with one attached hydrogen (secondary N) is 2. The van der Waals surface area contributed by atoms with Crippen molar-refractivity contribution in [3.05, 3.63) is 35.9 Å². The minimum atomic E-state index is -3.21. The molecular formula is C15H24N2O2S. The van der Waals surface area contributed by atoms with Gasteiger partial charge in [-0.05, 0) is 43.3 Å². The van der Waals surface area contributed by atoms with Crippen LogP contribution in [0.1, 0.15) is 31.2 Å². The highest BCUT2D eigenvalue weighted by molar-refractivity contribution is 7.89. The molecule has 20 heavy (non-hydrogen) atoms. The maximum absolute atomic E-state index is 12.1. The largest absolute Gasteiger partial charge is 0.316 e. The van der Waals surface area contributed by atoms with Crippen LogP contribution in [0.3, 0.4) is 0 Å². The first-order valence-corrected chi connectivity index (χ1v) is 8.95. The molecule has 0 amide bonds. The fraction of sp³-hybridized carbons (Fsp3) is 0.600. The van der Waals surface area contributed by atoms with Gasteiger partial charge in [-0.1, -0.05) is 37.3 Å². The van der Waals surface area contributed by atoms with Crippen molar-refractivity contribution in [2.45, 2.75) is 25.7 Å². The number of hydrogen-bond donors (Lipinski definition) is 2. The Hall–Kier alpha value is -0.910. The Morgan fingerprint density at radius 1 is 1.35 bits per heavy atom. The van der Waals surface area contributed by atoms with Crippen LogP contribution in [0.4, 0.5) is 0 Å². The standard InChI is InChI=1S/C15H24N2O2S/c1-13(15-7-3-2-4-8-15)12-20(18,19)17-11-14-6-5-9-16-10-14/h2-4,7-8,13-14,16-17H,5-6,9-12H2,1H3. The summed E-state index contributed by atoms with van der Waals surface area (Å²) in [5, 5.41) is 3.30. The number of benzene rings is 1. The molecule has 0 radical (unpaired) electrons. The van der Waals surface area contributed by atoms with Gasteiger partial charge in [0, 0.05) is 6.54 Å². The van der Waals surface area contributed by atoms with Gasteiger partial charge in [-0.15, -0.1) is 0 Å². The molecule has 2 atom stereocenters. The molecule has 112 valence electrons. The molecular weight excluding hydrogens is 272 g/mol. The van der Waals surface area contributed by atoms with Crippen LogP contribution in [0, 0.1) is 5.92 Å². The second-order valence-corrected chi connectivity index (χ2v) is 7.51. The zero-order valence-electron chi connectivity index (χ0n) is 12.0. The average Bonchev–Trinajstić information content (AvgIpc) is 2.47. The van der Waals surface area contributed by atoms with Crippen molar-refractivity contribution in [3.8, 4) is 0 Å².